The zero-order valence-corrected chi connectivity index (χ0v) is 15.2. The van der Waals surface area contributed by atoms with Crippen molar-refractivity contribution >= 4 is 0 Å². The molecule has 0 saturated carbocycles. The molecule has 1 unspecified atom stereocenters. The third-order valence-corrected chi connectivity index (χ3v) is 4.94. The maximum Gasteiger partial charge on any atom is 0.0638 e. The molecule has 1 aliphatic rings. The van der Waals surface area contributed by atoms with Gasteiger partial charge in [0.1, 0.15) is 0 Å². The predicted molar refractivity (Wildman–Crippen MR) is 98.9 cm³/mol. The zero-order chi connectivity index (χ0) is 16.9. The van der Waals surface area contributed by atoms with Gasteiger partial charge in [-0.2, -0.15) is 5.10 Å². The van der Waals surface area contributed by atoms with E-state index >= 15 is 0 Å². The van der Waals surface area contributed by atoms with Crippen molar-refractivity contribution in [2.75, 3.05) is 13.1 Å². The molecule has 3 rings (SSSR count). The van der Waals surface area contributed by atoms with E-state index in [1.54, 1.807) is 0 Å². The van der Waals surface area contributed by atoms with Gasteiger partial charge < -0.3 is 5.32 Å². The molecule has 0 bridgehead atoms. The van der Waals surface area contributed by atoms with Crippen molar-refractivity contribution in [3.8, 4) is 0 Å². The summed E-state index contributed by atoms with van der Waals surface area (Å²) in [6, 6.07) is 11.8. The summed E-state index contributed by atoms with van der Waals surface area (Å²) in [4.78, 5) is 2.62. The summed E-state index contributed by atoms with van der Waals surface area (Å²) in [7, 11) is 0. The van der Waals surface area contributed by atoms with Crippen LogP contribution in [0.2, 0.25) is 0 Å². The maximum absolute atomic E-state index is 4.69. The highest BCUT2D eigenvalue weighted by Gasteiger charge is 2.22. The Labute approximate surface area is 145 Å². The van der Waals surface area contributed by atoms with Crippen LogP contribution in [0.3, 0.4) is 0 Å². The number of hydrogen-bond donors (Lipinski definition) is 1. The number of piperidine rings is 1. The van der Waals surface area contributed by atoms with E-state index in [1.165, 1.54) is 24.0 Å². The van der Waals surface area contributed by atoms with Crippen molar-refractivity contribution in [3.05, 3.63) is 53.3 Å². The Bertz CT molecular complexity index is 626. The lowest BCUT2D eigenvalue weighted by Crippen LogP contribution is -2.45. The molecule has 24 heavy (non-hydrogen) atoms. The van der Waals surface area contributed by atoms with Gasteiger partial charge in [-0.05, 0) is 45.7 Å². The van der Waals surface area contributed by atoms with Gasteiger partial charge in [-0.15, -0.1) is 0 Å². The minimum Gasteiger partial charge on any atom is -0.315 e. The van der Waals surface area contributed by atoms with Crippen LogP contribution in [0.4, 0.5) is 0 Å². The number of hydrogen-bond acceptors (Lipinski definition) is 3. The van der Waals surface area contributed by atoms with E-state index in [0.717, 1.165) is 31.9 Å². The minimum absolute atomic E-state index is 0.413. The molecule has 0 spiro atoms. The molecular weight excluding hydrogens is 296 g/mol. The average molecular weight is 326 g/mol. The van der Waals surface area contributed by atoms with E-state index in [-0.39, 0.29) is 0 Å². The summed E-state index contributed by atoms with van der Waals surface area (Å²) in [5.74, 6) is 0. The molecule has 1 fully saturated rings. The molecule has 2 aromatic rings. The molecular formula is C20H30N4. The zero-order valence-electron chi connectivity index (χ0n) is 15.2. The second kappa shape index (κ2) is 7.95. The van der Waals surface area contributed by atoms with Crippen LogP contribution in [0.25, 0.3) is 0 Å². The third kappa shape index (κ3) is 4.25. The van der Waals surface area contributed by atoms with E-state index in [9.17, 15) is 0 Å². The van der Waals surface area contributed by atoms with Crippen molar-refractivity contribution in [3.63, 3.8) is 0 Å². The highest BCUT2D eigenvalue weighted by molar-refractivity contribution is 5.18. The molecule has 1 aromatic carbocycles. The molecule has 1 aromatic heterocycles. The molecule has 1 atom stereocenters. The monoisotopic (exact) mass is 326 g/mol. The lowest BCUT2D eigenvalue weighted by atomic mass is 10.0. The quantitative estimate of drug-likeness (QED) is 0.881. The number of nitrogens with one attached hydrogen (secondary N) is 1. The standard InChI is InChI=1S/C20H30N4/c1-16(2)24-15-19(17(3)22-24)14-23(20-10-7-11-21-12-20)13-18-8-5-4-6-9-18/h4-6,8-9,15-16,20-21H,7,10-14H2,1-3H3. The number of aryl methyl sites for hydroxylation is 1. The molecule has 1 saturated heterocycles. The maximum atomic E-state index is 4.69. The molecule has 4 heteroatoms. The lowest BCUT2D eigenvalue weighted by molar-refractivity contribution is 0.149. The van der Waals surface area contributed by atoms with E-state index in [2.05, 4.69) is 77.3 Å². The van der Waals surface area contributed by atoms with Crippen LogP contribution in [0.5, 0.6) is 0 Å². The van der Waals surface area contributed by atoms with Gasteiger partial charge in [-0.25, -0.2) is 0 Å². The Morgan fingerprint density at radius 3 is 2.67 bits per heavy atom. The number of rotatable bonds is 6. The fraction of sp³-hybridized carbons (Fsp3) is 0.550. The van der Waals surface area contributed by atoms with Crippen LogP contribution in [0.1, 0.15) is 49.6 Å². The normalized spacial score (nSPS) is 18.5. The Morgan fingerprint density at radius 1 is 1.25 bits per heavy atom. The van der Waals surface area contributed by atoms with Crippen LogP contribution in [-0.4, -0.2) is 33.8 Å². The Morgan fingerprint density at radius 2 is 2.04 bits per heavy atom. The number of aromatic nitrogens is 2. The van der Waals surface area contributed by atoms with E-state index in [1.807, 2.05) is 0 Å². The lowest BCUT2D eigenvalue weighted by Gasteiger charge is -2.34. The average Bonchev–Trinajstić information content (AvgIpc) is 2.97. The summed E-state index contributed by atoms with van der Waals surface area (Å²) in [6.45, 7) is 10.7. The SMILES string of the molecule is Cc1nn(C(C)C)cc1CN(Cc1ccccc1)C1CCCNC1. The second-order valence-corrected chi connectivity index (χ2v) is 7.20. The van der Waals surface area contributed by atoms with Crippen LogP contribution in [0.15, 0.2) is 36.5 Å². The van der Waals surface area contributed by atoms with Crippen LogP contribution in [-0.2, 0) is 13.1 Å². The first-order valence-corrected chi connectivity index (χ1v) is 9.17. The van der Waals surface area contributed by atoms with Gasteiger partial charge in [0.2, 0.25) is 0 Å². The van der Waals surface area contributed by atoms with Crippen molar-refractivity contribution < 1.29 is 0 Å². The van der Waals surface area contributed by atoms with Crippen molar-refractivity contribution in [2.24, 2.45) is 0 Å². The van der Waals surface area contributed by atoms with Gasteiger partial charge in [0.15, 0.2) is 0 Å². The first-order chi connectivity index (χ1) is 11.6. The van der Waals surface area contributed by atoms with Crippen molar-refractivity contribution in [1.29, 1.82) is 0 Å². The topological polar surface area (TPSA) is 33.1 Å². The van der Waals surface area contributed by atoms with Gasteiger partial charge >= 0.3 is 0 Å². The first-order valence-electron chi connectivity index (χ1n) is 9.17. The summed E-state index contributed by atoms with van der Waals surface area (Å²) >= 11 is 0. The molecule has 0 amide bonds. The fourth-order valence-corrected chi connectivity index (χ4v) is 3.44. The fourth-order valence-electron chi connectivity index (χ4n) is 3.44. The molecule has 1 N–H and O–H groups in total. The summed E-state index contributed by atoms with van der Waals surface area (Å²) in [5, 5.41) is 8.25. The van der Waals surface area contributed by atoms with Crippen molar-refractivity contribution in [2.45, 2.75) is 58.8 Å². The molecule has 1 aliphatic heterocycles. The largest absolute Gasteiger partial charge is 0.315 e. The summed E-state index contributed by atoms with van der Waals surface area (Å²) in [5.41, 5.74) is 3.90. The van der Waals surface area contributed by atoms with Crippen LogP contribution >= 0.6 is 0 Å². The highest BCUT2D eigenvalue weighted by atomic mass is 15.3. The third-order valence-electron chi connectivity index (χ3n) is 4.94. The number of nitrogens with zero attached hydrogens (tertiary/aromatic N) is 3. The van der Waals surface area contributed by atoms with Crippen LogP contribution in [0, 0.1) is 6.92 Å². The Kier molecular flexibility index (Phi) is 5.69. The molecule has 0 aliphatic carbocycles. The molecule has 2 heterocycles. The summed E-state index contributed by atoms with van der Waals surface area (Å²) < 4.78 is 2.09. The van der Waals surface area contributed by atoms with Crippen LogP contribution < -0.4 is 5.32 Å². The van der Waals surface area contributed by atoms with E-state index in [0.29, 0.717) is 12.1 Å². The van der Waals surface area contributed by atoms with E-state index < -0.39 is 0 Å². The Hall–Kier alpha value is -1.65. The smallest absolute Gasteiger partial charge is 0.0638 e. The highest BCUT2D eigenvalue weighted by Crippen LogP contribution is 2.20. The molecule has 4 nitrogen and oxygen atoms in total. The Balaban J connectivity index is 1.78. The summed E-state index contributed by atoms with van der Waals surface area (Å²) in [6.07, 6.45) is 4.77. The van der Waals surface area contributed by atoms with Gasteiger partial charge in [-0.3, -0.25) is 9.58 Å². The predicted octanol–water partition coefficient (Wildman–Crippen LogP) is 3.53. The number of benzene rings is 1. The van der Waals surface area contributed by atoms with Gasteiger partial charge in [0.25, 0.3) is 0 Å². The first kappa shape index (κ1) is 17.2. The van der Waals surface area contributed by atoms with Crippen molar-refractivity contribution in [1.82, 2.24) is 20.0 Å². The van der Waals surface area contributed by atoms with Gasteiger partial charge in [0.05, 0.1) is 5.69 Å². The van der Waals surface area contributed by atoms with E-state index in [4.69, 9.17) is 0 Å². The van der Waals surface area contributed by atoms with Gasteiger partial charge in [0, 0.05) is 43.5 Å². The molecule has 0 radical (unpaired) electrons. The molecule has 130 valence electrons. The second-order valence-electron chi connectivity index (χ2n) is 7.20. The van der Waals surface area contributed by atoms with Gasteiger partial charge in [-0.1, -0.05) is 30.3 Å². The minimum atomic E-state index is 0.413.